The van der Waals surface area contributed by atoms with Crippen molar-refractivity contribution in [2.45, 2.75) is 161 Å². The van der Waals surface area contributed by atoms with Gasteiger partial charge in [-0.15, -0.1) is 0 Å². The Bertz CT molecular complexity index is 1180. The molecule has 0 aliphatic carbocycles. The summed E-state index contributed by atoms with van der Waals surface area (Å²) in [5, 5.41) is 20.5. The monoisotopic (exact) mass is 778 g/mol. The van der Waals surface area contributed by atoms with Crippen LogP contribution in [0.3, 0.4) is 0 Å². The van der Waals surface area contributed by atoms with Crippen LogP contribution in [0.15, 0.2) is 85.1 Å². The van der Waals surface area contributed by atoms with Gasteiger partial charge in [0.25, 0.3) is 0 Å². The molecule has 0 aliphatic heterocycles. The first kappa shape index (κ1) is 51.1. The van der Waals surface area contributed by atoms with Gasteiger partial charge in [-0.1, -0.05) is 125 Å². The van der Waals surface area contributed by atoms with Crippen molar-refractivity contribution in [3.05, 3.63) is 85.1 Å². The minimum absolute atomic E-state index is 0.0629. The van der Waals surface area contributed by atoms with E-state index in [4.69, 9.17) is 19.3 Å². The van der Waals surface area contributed by atoms with Crippen molar-refractivity contribution in [2.75, 3.05) is 13.2 Å². The highest BCUT2D eigenvalue weighted by Gasteiger charge is 2.23. The van der Waals surface area contributed by atoms with E-state index in [1.807, 2.05) is 24.3 Å². The highest BCUT2D eigenvalue weighted by molar-refractivity contribution is 7.46. The van der Waals surface area contributed by atoms with Crippen LogP contribution in [-0.2, 0) is 28.2 Å². The molecule has 0 radical (unpaired) electrons. The summed E-state index contributed by atoms with van der Waals surface area (Å²) in [6.07, 6.45) is 42.0. The van der Waals surface area contributed by atoms with Crippen LogP contribution >= 0.6 is 7.82 Å². The van der Waals surface area contributed by atoms with E-state index in [-0.39, 0.29) is 32.1 Å². The van der Waals surface area contributed by atoms with Crippen LogP contribution in [0, 0.1) is 0 Å². The lowest BCUT2D eigenvalue weighted by molar-refractivity contribution is -0.161. The maximum Gasteiger partial charge on any atom is 0.469 e. The first-order valence-corrected chi connectivity index (χ1v) is 21.6. The second-order valence-corrected chi connectivity index (χ2v) is 14.4. The molecule has 11 heteroatoms. The van der Waals surface area contributed by atoms with Gasteiger partial charge in [-0.05, 0) is 89.9 Å². The maximum atomic E-state index is 12.4. The van der Waals surface area contributed by atoms with E-state index in [1.165, 1.54) is 38.5 Å². The summed E-state index contributed by atoms with van der Waals surface area (Å²) in [4.78, 5) is 42.8. The second kappa shape index (κ2) is 37.1. The average molecular weight is 779 g/mol. The summed E-state index contributed by atoms with van der Waals surface area (Å²) in [7, 11) is -4.84. The van der Waals surface area contributed by atoms with E-state index in [2.05, 4.69) is 79.1 Å². The van der Waals surface area contributed by atoms with Crippen molar-refractivity contribution in [3.63, 3.8) is 0 Å². The standard InChI is InChI=1S/C43H71O10P/c1-3-5-7-9-11-13-15-17-18-19-20-21-23-25-27-29-31-35-43(47)53-39(38-52-54(48,49)50)37-51-42(46)36-32-34-41(45)40(44)33-30-28-26-24-22-16-14-12-10-8-6-4-2/h11-14,17-18,20-22,24-25,27-28,30,39-41,44-45H,3-10,15-16,19,23,26,29,31-38H2,1-2H3,(H2,48,49,50)/b13-11-,14-12-,18-17-,21-20-,24-22-,27-25-,30-28-/t39-,40?,41?/m1/s1. The van der Waals surface area contributed by atoms with E-state index in [9.17, 15) is 24.4 Å². The summed E-state index contributed by atoms with van der Waals surface area (Å²) in [6.45, 7) is 3.31. The minimum atomic E-state index is -4.84. The van der Waals surface area contributed by atoms with E-state index in [1.54, 1.807) is 0 Å². The Hall–Kier alpha value is -2.85. The summed E-state index contributed by atoms with van der Waals surface area (Å²) in [5.74, 6) is -1.24. The van der Waals surface area contributed by atoms with Gasteiger partial charge >= 0.3 is 19.8 Å². The molecular formula is C43H71O10P. The summed E-state index contributed by atoms with van der Waals surface area (Å²) in [6, 6.07) is 0. The number of esters is 2. The lowest BCUT2D eigenvalue weighted by Crippen LogP contribution is -2.29. The van der Waals surface area contributed by atoms with Crippen LogP contribution in [0.2, 0.25) is 0 Å². The molecule has 0 bridgehead atoms. The maximum absolute atomic E-state index is 12.4. The van der Waals surface area contributed by atoms with Gasteiger partial charge in [0.15, 0.2) is 6.10 Å². The molecule has 10 nitrogen and oxygen atoms in total. The number of hydrogen-bond donors (Lipinski definition) is 4. The van der Waals surface area contributed by atoms with Crippen LogP contribution in [0.25, 0.3) is 0 Å². The second-order valence-electron chi connectivity index (χ2n) is 13.2. The predicted molar refractivity (Wildman–Crippen MR) is 219 cm³/mol. The summed E-state index contributed by atoms with van der Waals surface area (Å²) >= 11 is 0. The number of rotatable bonds is 35. The average Bonchev–Trinajstić information content (AvgIpc) is 3.13. The third kappa shape index (κ3) is 37.5. The van der Waals surface area contributed by atoms with Crippen LogP contribution in [-0.4, -0.2) is 63.5 Å². The highest BCUT2D eigenvalue weighted by Crippen LogP contribution is 2.36. The quantitative estimate of drug-likeness (QED) is 0.0211. The zero-order valence-electron chi connectivity index (χ0n) is 33.1. The number of ether oxygens (including phenoxy) is 2. The van der Waals surface area contributed by atoms with Crippen LogP contribution in [0.4, 0.5) is 0 Å². The molecule has 54 heavy (non-hydrogen) atoms. The highest BCUT2D eigenvalue weighted by atomic mass is 31.2. The molecule has 0 saturated heterocycles. The molecule has 0 aliphatic rings. The van der Waals surface area contributed by atoms with Crippen molar-refractivity contribution in [1.82, 2.24) is 0 Å². The number of carbonyl (C=O) groups excluding carboxylic acids is 2. The van der Waals surface area contributed by atoms with Crippen LogP contribution in [0.1, 0.15) is 142 Å². The number of carbonyl (C=O) groups is 2. The molecule has 0 amide bonds. The number of aliphatic hydroxyl groups is 2. The van der Waals surface area contributed by atoms with Gasteiger partial charge in [0.1, 0.15) is 6.61 Å². The fourth-order valence-corrected chi connectivity index (χ4v) is 5.30. The number of hydrogen-bond acceptors (Lipinski definition) is 8. The Morgan fingerprint density at radius 1 is 0.556 bits per heavy atom. The molecule has 0 spiro atoms. The summed E-state index contributed by atoms with van der Waals surface area (Å²) < 4.78 is 26.1. The number of aliphatic hydroxyl groups excluding tert-OH is 2. The molecule has 0 heterocycles. The van der Waals surface area contributed by atoms with Crippen molar-refractivity contribution in [3.8, 4) is 0 Å². The van der Waals surface area contributed by atoms with Gasteiger partial charge in [-0.3, -0.25) is 14.1 Å². The molecular weight excluding hydrogens is 707 g/mol. The number of unbranched alkanes of at least 4 members (excludes halogenated alkanes) is 7. The Kier molecular flexibility index (Phi) is 35.1. The molecule has 0 aromatic rings. The Morgan fingerprint density at radius 3 is 1.48 bits per heavy atom. The van der Waals surface area contributed by atoms with Gasteiger partial charge in [0.2, 0.25) is 0 Å². The van der Waals surface area contributed by atoms with Gasteiger partial charge in [-0.25, -0.2) is 4.57 Å². The third-order valence-electron chi connectivity index (χ3n) is 8.09. The fraction of sp³-hybridized carbons (Fsp3) is 0.628. The first-order chi connectivity index (χ1) is 26.1. The van der Waals surface area contributed by atoms with Crippen LogP contribution < -0.4 is 0 Å². The predicted octanol–water partition coefficient (Wildman–Crippen LogP) is 10.0. The molecule has 2 unspecified atom stereocenters. The zero-order valence-corrected chi connectivity index (χ0v) is 34.0. The molecule has 0 saturated carbocycles. The molecule has 0 aromatic heterocycles. The SMILES string of the molecule is CCCCC/C=C\C/C=C\C/C=C\C/C=C\CCCC(=O)O[C@H](COC(=O)CCCC(O)C(O)C/C=C\C/C=C\C/C=C\CCCCC)COP(=O)(O)O. The Labute approximate surface area is 326 Å². The normalized spacial score (nSPS) is 14.6. The van der Waals surface area contributed by atoms with Crippen molar-refractivity contribution < 1.29 is 48.2 Å². The largest absolute Gasteiger partial charge is 0.469 e. The lowest BCUT2D eigenvalue weighted by Gasteiger charge is -2.19. The van der Waals surface area contributed by atoms with E-state index < -0.39 is 51.3 Å². The molecule has 3 atom stereocenters. The topological polar surface area (TPSA) is 160 Å². The zero-order chi connectivity index (χ0) is 40.0. The minimum Gasteiger partial charge on any atom is -0.462 e. The van der Waals surface area contributed by atoms with Gasteiger partial charge in [0.05, 0.1) is 18.8 Å². The third-order valence-corrected chi connectivity index (χ3v) is 8.57. The Morgan fingerprint density at radius 2 is 1.00 bits per heavy atom. The molecule has 0 aromatic carbocycles. The fourth-order valence-electron chi connectivity index (χ4n) is 4.94. The number of allylic oxidation sites excluding steroid dienone is 13. The lowest BCUT2D eigenvalue weighted by atomic mass is 10.0. The van der Waals surface area contributed by atoms with Gasteiger partial charge in [-0.2, -0.15) is 0 Å². The smallest absolute Gasteiger partial charge is 0.462 e. The molecule has 4 N–H and O–H groups in total. The molecule has 0 rings (SSSR count). The summed E-state index contributed by atoms with van der Waals surface area (Å²) in [5.41, 5.74) is 0. The van der Waals surface area contributed by atoms with E-state index in [0.717, 1.165) is 44.9 Å². The Balaban J connectivity index is 4.31. The van der Waals surface area contributed by atoms with Crippen molar-refractivity contribution >= 4 is 19.8 Å². The number of phosphoric ester groups is 1. The van der Waals surface area contributed by atoms with E-state index >= 15 is 0 Å². The first-order valence-electron chi connectivity index (χ1n) is 20.0. The van der Waals surface area contributed by atoms with Crippen molar-refractivity contribution in [1.29, 1.82) is 0 Å². The molecule has 308 valence electrons. The van der Waals surface area contributed by atoms with Gasteiger partial charge < -0.3 is 29.5 Å². The van der Waals surface area contributed by atoms with Crippen molar-refractivity contribution in [2.24, 2.45) is 0 Å². The van der Waals surface area contributed by atoms with E-state index in [0.29, 0.717) is 12.8 Å². The molecule has 0 fully saturated rings. The van der Waals surface area contributed by atoms with Gasteiger partial charge in [0, 0.05) is 12.8 Å². The number of phosphoric acid groups is 1. The van der Waals surface area contributed by atoms with Crippen LogP contribution in [0.5, 0.6) is 0 Å².